The molecule has 1 aliphatic rings. The molecule has 0 atom stereocenters. The minimum absolute atomic E-state index is 0.386. The van der Waals surface area contributed by atoms with Crippen LogP contribution in [0.5, 0.6) is 0 Å². The Hall–Kier alpha value is 0.354. The highest BCUT2D eigenvalue weighted by atomic mass is 28.4. The largest absolute Gasteiger partial charge is 0.313 e. The van der Waals surface area contributed by atoms with Gasteiger partial charge in [-0.3, -0.25) is 0 Å². The highest BCUT2D eigenvalue weighted by Gasteiger charge is 2.54. The van der Waals surface area contributed by atoms with E-state index in [1.807, 2.05) is 0 Å². The summed E-state index contributed by atoms with van der Waals surface area (Å²) in [5, 5.41) is 0. The maximum absolute atomic E-state index is 6.09. The third-order valence-corrected chi connectivity index (χ3v) is 16.1. The smallest absolute Gasteiger partial charge is 0.0636 e. The average molecular weight is 259 g/mol. The molecular formula is C12H30N2Si2. The Morgan fingerprint density at radius 3 is 1.25 bits per heavy atom. The van der Waals surface area contributed by atoms with Crippen LogP contribution in [-0.4, -0.2) is 21.8 Å². The number of rotatable bonds is 2. The first kappa shape index (κ1) is 14.4. The molecule has 2 nitrogen and oxygen atoms in total. The molecule has 0 radical (unpaired) electrons. The van der Waals surface area contributed by atoms with Crippen LogP contribution in [0.25, 0.3) is 0 Å². The van der Waals surface area contributed by atoms with Crippen LogP contribution in [0, 0.1) is 0 Å². The summed E-state index contributed by atoms with van der Waals surface area (Å²) in [6.45, 7) is 15.2. The van der Waals surface area contributed by atoms with Crippen molar-refractivity contribution in [1.29, 1.82) is 0 Å². The molecule has 0 saturated heterocycles. The van der Waals surface area contributed by atoms with Gasteiger partial charge in [0, 0.05) is 16.1 Å². The molecule has 0 heterocycles. The van der Waals surface area contributed by atoms with Crippen LogP contribution in [0.1, 0.15) is 25.7 Å². The zero-order valence-electron chi connectivity index (χ0n) is 12.0. The first-order valence-corrected chi connectivity index (χ1v) is 13.5. The van der Waals surface area contributed by atoms with Gasteiger partial charge in [-0.05, 0) is 30.3 Å². The van der Waals surface area contributed by atoms with E-state index in [9.17, 15) is 0 Å². The maximum atomic E-state index is 6.09. The molecule has 4 heteroatoms. The van der Waals surface area contributed by atoms with E-state index in [1.165, 1.54) is 12.8 Å². The molecule has 0 amide bonds. The van der Waals surface area contributed by atoms with Crippen molar-refractivity contribution in [2.24, 2.45) is 11.5 Å². The second kappa shape index (κ2) is 3.93. The third kappa shape index (κ3) is 2.45. The van der Waals surface area contributed by atoms with Crippen molar-refractivity contribution in [2.75, 3.05) is 0 Å². The highest BCUT2D eigenvalue weighted by Crippen LogP contribution is 2.57. The number of hydrogen-bond donors (Lipinski definition) is 2. The predicted octanol–water partition coefficient (Wildman–Crippen LogP) is 3.13. The Balaban J connectivity index is 3.03. The molecule has 1 fully saturated rings. The summed E-state index contributed by atoms with van der Waals surface area (Å²) in [6.07, 6.45) is 4.57. The van der Waals surface area contributed by atoms with Crippen LogP contribution >= 0.6 is 0 Å². The average Bonchev–Trinajstić information content (AvgIpc) is 1.98. The summed E-state index contributed by atoms with van der Waals surface area (Å²) in [5.74, 6) is 0. The summed E-state index contributed by atoms with van der Waals surface area (Å²) < 4.78 is 0.627. The molecule has 1 rings (SSSR count). The molecule has 0 aromatic heterocycles. The summed E-state index contributed by atoms with van der Waals surface area (Å²) in [4.78, 5) is 0. The van der Waals surface area contributed by atoms with Gasteiger partial charge in [-0.1, -0.05) is 39.3 Å². The quantitative estimate of drug-likeness (QED) is 0.590. The van der Waals surface area contributed by atoms with Crippen molar-refractivity contribution in [1.82, 2.24) is 0 Å². The van der Waals surface area contributed by atoms with Gasteiger partial charge in [-0.2, -0.15) is 0 Å². The first-order chi connectivity index (χ1) is 6.91. The zero-order valence-corrected chi connectivity index (χ0v) is 14.0. The fourth-order valence-electron chi connectivity index (χ4n) is 3.77. The molecule has 0 aromatic rings. The Bertz CT molecular complexity index is 235. The highest BCUT2D eigenvalue weighted by molar-refractivity contribution is 6.98. The van der Waals surface area contributed by atoms with Crippen molar-refractivity contribution in [3.8, 4) is 0 Å². The molecule has 1 saturated carbocycles. The van der Waals surface area contributed by atoms with Crippen LogP contribution < -0.4 is 11.5 Å². The van der Waals surface area contributed by atoms with Gasteiger partial charge in [-0.25, -0.2) is 0 Å². The van der Waals surface area contributed by atoms with Crippen molar-refractivity contribution < 1.29 is 0 Å². The zero-order chi connectivity index (χ0) is 12.8. The molecule has 0 aliphatic heterocycles. The van der Waals surface area contributed by atoms with Crippen LogP contribution in [0.4, 0.5) is 0 Å². The first-order valence-electron chi connectivity index (χ1n) is 6.49. The number of hydrogen-bond acceptors (Lipinski definition) is 2. The lowest BCUT2D eigenvalue weighted by Gasteiger charge is -2.56. The Kier molecular flexibility index (Phi) is 3.55. The summed E-state index contributed by atoms with van der Waals surface area (Å²) in [7, 11) is -2.31. The van der Waals surface area contributed by atoms with Gasteiger partial charge in [0.2, 0.25) is 0 Å². The fraction of sp³-hybridized carbons (Fsp3) is 1.00. The third-order valence-electron chi connectivity index (χ3n) is 4.91. The Morgan fingerprint density at radius 2 is 1.00 bits per heavy atom. The molecule has 0 bridgehead atoms. The minimum Gasteiger partial charge on any atom is -0.313 e. The van der Waals surface area contributed by atoms with Crippen LogP contribution in [0.3, 0.4) is 0 Å². The van der Waals surface area contributed by atoms with Gasteiger partial charge in [0.1, 0.15) is 0 Å². The van der Waals surface area contributed by atoms with E-state index in [4.69, 9.17) is 11.5 Å². The molecule has 4 N–H and O–H groups in total. The normalized spacial score (nSPS) is 25.5. The second-order valence-corrected chi connectivity index (χ2v) is 19.2. The van der Waals surface area contributed by atoms with Crippen LogP contribution in [0.2, 0.25) is 43.9 Å². The van der Waals surface area contributed by atoms with Crippen molar-refractivity contribution >= 4 is 16.1 Å². The van der Waals surface area contributed by atoms with Gasteiger partial charge in [0.15, 0.2) is 0 Å². The van der Waals surface area contributed by atoms with E-state index in [1.54, 1.807) is 0 Å². The molecule has 16 heavy (non-hydrogen) atoms. The topological polar surface area (TPSA) is 52.0 Å². The lowest BCUT2D eigenvalue weighted by Crippen LogP contribution is -2.61. The molecule has 0 aromatic carbocycles. The SMILES string of the molecule is C[Si](C)(C)C1([Si](C)(C)C)CCC(N)(N)CC1. The van der Waals surface area contributed by atoms with E-state index in [-0.39, 0.29) is 5.66 Å². The van der Waals surface area contributed by atoms with E-state index in [0.29, 0.717) is 4.66 Å². The lowest BCUT2D eigenvalue weighted by atomic mass is 9.89. The van der Waals surface area contributed by atoms with Crippen LogP contribution in [0.15, 0.2) is 0 Å². The predicted molar refractivity (Wildman–Crippen MR) is 79.0 cm³/mol. The maximum Gasteiger partial charge on any atom is 0.0636 e. The standard InChI is InChI=1S/C12H30N2Si2/c1-15(2,3)12(16(4,5)6)9-7-11(13,14)8-10-12/h7-10,13-14H2,1-6H3. The van der Waals surface area contributed by atoms with Crippen molar-refractivity contribution in [3.63, 3.8) is 0 Å². The van der Waals surface area contributed by atoms with E-state index in [2.05, 4.69) is 39.3 Å². The van der Waals surface area contributed by atoms with Gasteiger partial charge in [0.25, 0.3) is 0 Å². The van der Waals surface area contributed by atoms with E-state index >= 15 is 0 Å². The Labute approximate surface area is 103 Å². The van der Waals surface area contributed by atoms with Crippen LogP contribution in [-0.2, 0) is 0 Å². The molecular weight excluding hydrogens is 228 g/mol. The fourth-order valence-corrected chi connectivity index (χ4v) is 16.3. The van der Waals surface area contributed by atoms with Gasteiger partial charge < -0.3 is 11.5 Å². The van der Waals surface area contributed by atoms with Crippen molar-refractivity contribution in [2.45, 2.75) is 75.3 Å². The van der Waals surface area contributed by atoms with Gasteiger partial charge in [0.05, 0.1) is 5.66 Å². The van der Waals surface area contributed by atoms with Gasteiger partial charge in [-0.15, -0.1) is 0 Å². The van der Waals surface area contributed by atoms with E-state index in [0.717, 1.165) is 12.8 Å². The summed E-state index contributed by atoms with van der Waals surface area (Å²) >= 11 is 0. The second-order valence-electron chi connectivity index (χ2n) is 7.82. The van der Waals surface area contributed by atoms with E-state index < -0.39 is 16.1 Å². The number of nitrogens with two attached hydrogens (primary N) is 2. The monoisotopic (exact) mass is 258 g/mol. The summed E-state index contributed by atoms with van der Waals surface area (Å²) in [5.41, 5.74) is 11.8. The Morgan fingerprint density at radius 1 is 0.688 bits per heavy atom. The van der Waals surface area contributed by atoms with Crippen molar-refractivity contribution in [3.05, 3.63) is 0 Å². The van der Waals surface area contributed by atoms with Gasteiger partial charge >= 0.3 is 0 Å². The summed E-state index contributed by atoms with van der Waals surface area (Å²) in [6, 6.07) is 0. The molecule has 0 spiro atoms. The minimum atomic E-state index is -1.15. The lowest BCUT2D eigenvalue weighted by molar-refractivity contribution is 0.281. The molecule has 96 valence electrons. The molecule has 0 unspecified atom stereocenters. The molecule has 1 aliphatic carbocycles.